The molecule has 0 bridgehead atoms. The molecule has 3 aromatic heterocycles. The number of hydrogen-bond donors (Lipinski definition) is 1. The van der Waals surface area contributed by atoms with Gasteiger partial charge in [-0.2, -0.15) is 0 Å². The van der Waals surface area contributed by atoms with E-state index >= 15 is 0 Å². The Kier molecular flexibility index (Phi) is 4.23. The molecule has 7 nitrogen and oxygen atoms in total. The maximum atomic E-state index is 11.9. The molecule has 0 spiro atoms. The second kappa shape index (κ2) is 6.15. The SMILES string of the molecule is Cc1cc(NC(=O)CSc2nnc3c(Cl)cc(Cl)cn23)no1. The summed E-state index contributed by atoms with van der Waals surface area (Å²) in [4.78, 5) is 11.9. The van der Waals surface area contributed by atoms with E-state index in [9.17, 15) is 4.79 Å². The summed E-state index contributed by atoms with van der Waals surface area (Å²) in [6.45, 7) is 1.74. The standard InChI is InChI=1S/C12H9Cl2N5O2S/c1-6-2-9(18-21-6)15-10(20)5-22-12-17-16-11-8(14)3-7(13)4-19(11)12/h2-4H,5H2,1H3,(H,15,18,20). The van der Waals surface area contributed by atoms with Crippen LogP contribution in [0.4, 0.5) is 5.82 Å². The van der Waals surface area contributed by atoms with Crippen molar-refractivity contribution in [3.8, 4) is 0 Å². The molecule has 22 heavy (non-hydrogen) atoms. The van der Waals surface area contributed by atoms with Crippen molar-refractivity contribution >= 4 is 52.3 Å². The van der Waals surface area contributed by atoms with Gasteiger partial charge in [-0.3, -0.25) is 9.20 Å². The van der Waals surface area contributed by atoms with Crippen molar-refractivity contribution in [2.75, 3.05) is 11.1 Å². The highest BCUT2D eigenvalue weighted by molar-refractivity contribution is 7.99. The highest BCUT2D eigenvalue weighted by Gasteiger charge is 2.13. The molecule has 3 heterocycles. The monoisotopic (exact) mass is 357 g/mol. The van der Waals surface area contributed by atoms with E-state index in [4.69, 9.17) is 27.7 Å². The topological polar surface area (TPSA) is 85.3 Å². The predicted molar refractivity (Wildman–Crippen MR) is 83.6 cm³/mol. The lowest BCUT2D eigenvalue weighted by Crippen LogP contribution is -2.14. The minimum Gasteiger partial charge on any atom is -0.360 e. The summed E-state index contributed by atoms with van der Waals surface area (Å²) in [5.74, 6) is 0.899. The van der Waals surface area contributed by atoms with Crippen molar-refractivity contribution in [2.45, 2.75) is 12.1 Å². The Morgan fingerprint density at radius 3 is 2.95 bits per heavy atom. The van der Waals surface area contributed by atoms with Crippen molar-refractivity contribution in [1.29, 1.82) is 0 Å². The number of nitrogens with one attached hydrogen (secondary N) is 1. The van der Waals surface area contributed by atoms with Gasteiger partial charge in [0.1, 0.15) is 5.76 Å². The van der Waals surface area contributed by atoms with Crippen LogP contribution in [0, 0.1) is 6.92 Å². The number of carbonyl (C=O) groups is 1. The molecule has 0 saturated heterocycles. The fourth-order valence-electron chi connectivity index (χ4n) is 1.74. The second-order valence-corrected chi connectivity index (χ2v) is 6.13. The smallest absolute Gasteiger partial charge is 0.236 e. The van der Waals surface area contributed by atoms with Crippen LogP contribution < -0.4 is 5.32 Å². The van der Waals surface area contributed by atoms with E-state index in [2.05, 4.69) is 20.7 Å². The number of thioether (sulfide) groups is 1. The molecular formula is C12H9Cl2N5O2S. The Hall–Kier alpha value is -1.77. The molecule has 0 unspecified atom stereocenters. The molecule has 0 radical (unpaired) electrons. The Morgan fingerprint density at radius 1 is 1.41 bits per heavy atom. The highest BCUT2D eigenvalue weighted by atomic mass is 35.5. The fraction of sp³-hybridized carbons (Fsp3) is 0.167. The first-order valence-electron chi connectivity index (χ1n) is 6.08. The average molecular weight is 358 g/mol. The Bertz CT molecular complexity index is 847. The quantitative estimate of drug-likeness (QED) is 0.722. The lowest BCUT2D eigenvalue weighted by Gasteiger charge is -2.02. The number of pyridine rings is 1. The Labute approximate surface area is 139 Å². The van der Waals surface area contributed by atoms with Gasteiger partial charge in [0.25, 0.3) is 0 Å². The molecule has 0 aliphatic carbocycles. The molecule has 1 amide bonds. The number of nitrogens with zero attached hydrogens (tertiary/aromatic N) is 4. The van der Waals surface area contributed by atoms with Crippen molar-refractivity contribution in [3.63, 3.8) is 0 Å². The third-order valence-electron chi connectivity index (χ3n) is 2.62. The summed E-state index contributed by atoms with van der Waals surface area (Å²) >= 11 is 13.2. The highest BCUT2D eigenvalue weighted by Crippen LogP contribution is 2.25. The van der Waals surface area contributed by atoms with Crippen LogP contribution in [0.3, 0.4) is 0 Å². The van der Waals surface area contributed by atoms with Gasteiger partial charge >= 0.3 is 0 Å². The van der Waals surface area contributed by atoms with Crippen LogP contribution in [0.15, 0.2) is 28.0 Å². The van der Waals surface area contributed by atoms with Gasteiger partial charge in [-0.1, -0.05) is 40.1 Å². The van der Waals surface area contributed by atoms with Crippen molar-refractivity contribution in [3.05, 3.63) is 34.1 Å². The fourth-order valence-corrected chi connectivity index (χ4v) is 2.95. The van der Waals surface area contributed by atoms with E-state index in [-0.39, 0.29) is 11.7 Å². The van der Waals surface area contributed by atoms with E-state index < -0.39 is 0 Å². The Balaban J connectivity index is 1.70. The van der Waals surface area contributed by atoms with Crippen LogP contribution in [0.25, 0.3) is 5.65 Å². The zero-order valence-electron chi connectivity index (χ0n) is 11.2. The number of halogens is 2. The summed E-state index contributed by atoms with van der Waals surface area (Å²) in [7, 11) is 0. The largest absolute Gasteiger partial charge is 0.360 e. The van der Waals surface area contributed by atoms with Crippen molar-refractivity contribution < 1.29 is 9.32 Å². The van der Waals surface area contributed by atoms with Crippen molar-refractivity contribution in [1.82, 2.24) is 19.8 Å². The number of aryl methyl sites for hydroxylation is 1. The van der Waals surface area contributed by atoms with Crippen LogP contribution in [0.1, 0.15) is 5.76 Å². The van der Waals surface area contributed by atoms with Crippen LogP contribution >= 0.6 is 35.0 Å². The molecule has 0 aromatic carbocycles. The number of fused-ring (bicyclic) bond motifs is 1. The molecule has 1 N–H and O–H groups in total. The van der Waals surface area contributed by atoms with E-state index in [1.807, 2.05) is 0 Å². The molecule has 3 aromatic rings. The predicted octanol–water partition coefficient (Wildman–Crippen LogP) is 3.06. The number of aromatic nitrogens is 4. The maximum absolute atomic E-state index is 11.9. The average Bonchev–Trinajstić information content (AvgIpc) is 3.03. The third kappa shape index (κ3) is 3.18. The minimum atomic E-state index is -0.233. The zero-order chi connectivity index (χ0) is 15.7. The summed E-state index contributed by atoms with van der Waals surface area (Å²) in [6, 6.07) is 3.22. The number of carbonyl (C=O) groups excluding carboxylic acids is 1. The molecule has 114 valence electrons. The number of amides is 1. The van der Waals surface area contributed by atoms with Crippen LogP contribution in [-0.4, -0.2) is 31.4 Å². The maximum Gasteiger partial charge on any atom is 0.236 e. The molecular weight excluding hydrogens is 349 g/mol. The molecule has 0 fully saturated rings. The number of anilines is 1. The molecule has 0 saturated carbocycles. The van der Waals surface area contributed by atoms with Gasteiger partial charge in [0.05, 0.1) is 15.8 Å². The Morgan fingerprint density at radius 2 is 2.23 bits per heavy atom. The summed E-state index contributed by atoms with van der Waals surface area (Å²) in [6.07, 6.45) is 1.64. The lowest BCUT2D eigenvalue weighted by molar-refractivity contribution is -0.113. The van der Waals surface area contributed by atoms with Gasteiger partial charge in [0, 0.05) is 12.3 Å². The van der Waals surface area contributed by atoms with Gasteiger partial charge in [0.15, 0.2) is 16.6 Å². The molecule has 0 aliphatic heterocycles. The van der Waals surface area contributed by atoms with E-state index in [0.29, 0.717) is 32.4 Å². The van der Waals surface area contributed by atoms with E-state index in [1.54, 1.807) is 29.7 Å². The van der Waals surface area contributed by atoms with E-state index in [0.717, 1.165) is 0 Å². The van der Waals surface area contributed by atoms with Crippen LogP contribution in [0.2, 0.25) is 10.0 Å². The number of hydrogen-bond acceptors (Lipinski definition) is 6. The zero-order valence-corrected chi connectivity index (χ0v) is 13.5. The van der Waals surface area contributed by atoms with Gasteiger partial charge in [-0.15, -0.1) is 10.2 Å². The van der Waals surface area contributed by atoms with Gasteiger partial charge in [0.2, 0.25) is 5.91 Å². The molecule has 10 heteroatoms. The summed E-state index contributed by atoms with van der Waals surface area (Å²) < 4.78 is 6.51. The normalized spacial score (nSPS) is 11.0. The van der Waals surface area contributed by atoms with Crippen LogP contribution in [0.5, 0.6) is 0 Å². The molecule has 3 rings (SSSR count). The van der Waals surface area contributed by atoms with Gasteiger partial charge < -0.3 is 9.84 Å². The molecule has 0 aliphatic rings. The minimum absolute atomic E-state index is 0.136. The third-order valence-corrected chi connectivity index (χ3v) is 4.05. The first kappa shape index (κ1) is 15.1. The van der Waals surface area contributed by atoms with Crippen molar-refractivity contribution in [2.24, 2.45) is 0 Å². The molecule has 0 atom stereocenters. The first-order valence-corrected chi connectivity index (χ1v) is 7.83. The summed E-state index contributed by atoms with van der Waals surface area (Å²) in [5.41, 5.74) is 0.487. The van der Waals surface area contributed by atoms with Gasteiger partial charge in [-0.25, -0.2) is 0 Å². The lowest BCUT2D eigenvalue weighted by atomic mass is 10.5. The summed E-state index contributed by atoms with van der Waals surface area (Å²) in [5, 5.41) is 15.7. The number of rotatable bonds is 4. The first-order chi connectivity index (χ1) is 10.5. The second-order valence-electron chi connectivity index (χ2n) is 4.34. The van der Waals surface area contributed by atoms with E-state index in [1.165, 1.54) is 11.8 Å². The van der Waals surface area contributed by atoms with Crippen LogP contribution in [-0.2, 0) is 4.79 Å². The van der Waals surface area contributed by atoms with Gasteiger partial charge in [-0.05, 0) is 13.0 Å².